The van der Waals surface area contributed by atoms with Gasteiger partial charge < -0.3 is 19.5 Å². The van der Waals surface area contributed by atoms with Gasteiger partial charge in [0.25, 0.3) is 0 Å². The third kappa shape index (κ3) is 1.95. The van der Waals surface area contributed by atoms with E-state index in [9.17, 15) is 10.4 Å². The largest absolute Gasteiger partial charge is 0.493 e. The maximum absolute atomic E-state index is 11.9. The second-order valence-corrected chi connectivity index (χ2v) is 7.46. The highest BCUT2D eigenvalue weighted by Gasteiger charge is 2.63. The quantitative estimate of drug-likeness (QED) is 0.894. The molecule has 132 valence electrons. The average molecular weight is 340 g/mol. The average Bonchev–Trinajstić information content (AvgIpc) is 2.63. The Morgan fingerprint density at radius 3 is 2.76 bits per heavy atom. The smallest absolute Gasteiger partial charge is 0.165 e. The van der Waals surface area contributed by atoms with Crippen molar-refractivity contribution >= 4 is 0 Å². The molecule has 1 fully saturated rings. The van der Waals surface area contributed by atoms with Crippen LogP contribution < -0.4 is 9.47 Å². The summed E-state index contributed by atoms with van der Waals surface area (Å²) in [6.07, 6.45) is 4.79. The normalized spacial score (nSPS) is 33.6. The number of ether oxygens (including phenoxy) is 2. The molecule has 25 heavy (non-hydrogen) atoms. The van der Waals surface area contributed by atoms with Crippen molar-refractivity contribution in [2.24, 2.45) is 0 Å². The van der Waals surface area contributed by atoms with Crippen LogP contribution in [0.25, 0.3) is 0 Å². The predicted molar refractivity (Wildman–Crippen MR) is 93.8 cm³/mol. The van der Waals surface area contributed by atoms with Crippen molar-refractivity contribution in [1.82, 2.24) is 4.90 Å². The Labute approximate surface area is 148 Å². The Balaban J connectivity index is 2.07. The molecule has 1 aliphatic heterocycles. The van der Waals surface area contributed by atoms with Crippen molar-refractivity contribution in [3.05, 3.63) is 34.9 Å². The standard InChI is InChI=1S/C20H24N2O3/c1-22-9-8-19-11-13(12-21)6-7-20(19,23)16(22)10-14-4-5-15(24-2)18(25-3)17(14)19/h4-5,11,16,23H,6-10H2,1-3H3/t16-,19-,20+/m0/s1. The van der Waals surface area contributed by atoms with E-state index in [0.717, 1.165) is 30.5 Å². The van der Waals surface area contributed by atoms with Crippen LogP contribution in [0.1, 0.15) is 30.4 Å². The highest BCUT2D eigenvalue weighted by molar-refractivity contribution is 5.61. The first-order chi connectivity index (χ1) is 12.0. The molecule has 0 unspecified atom stereocenters. The Kier molecular flexibility index (Phi) is 3.61. The zero-order valence-electron chi connectivity index (χ0n) is 15.0. The molecule has 1 saturated heterocycles. The van der Waals surface area contributed by atoms with Gasteiger partial charge in [0.15, 0.2) is 11.5 Å². The van der Waals surface area contributed by atoms with Crippen molar-refractivity contribution in [3.63, 3.8) is 0 Å². The van der Waals surface area contributed by atoms with Gasteiger partial charge in [0.2, 0.25) is 0 Å². The Hall–Kier alpha value is -2.03. The first kappa shape index (κ1) is 16.4. The SMILES string of the molecule is COc1ccc2c(c1OC)[C@]13C=C(C#N)CC[C@@]1(O)[C@H](C2)N(C)CC3. The summed E-state index contributed by atoms with van der Waals surface area (Å²) in [6.45, 7) is 0.877. The predicted octanol–water partition coefficient (Wildman–Crippen LogP) is 2.18. The minimum atomic E-state index is -0.896. The fourth-order valence-corrected chi connectivity index (χ4v) is 5.33. The lowest BCUT2D eigenvalue weighted by Gasteiger charge is -2.61. The summed E-state index contributed by atoms with van der Waals surface area (Å²) in [6, 6.07) is 6.39. The van der Waals surface area contributed by atoms with Crippen molar-refractivity contribution in [2.45, 2.75) is 42.7 Å². The summed E-state index contributed by atoms with van der Waals surface area (Å²) >= 11 is 0. The van der Waals surface area contributed by atoms with Gasteiger partial charge in [-0.15, -0.1) is 0 Å². The molecule has 1 aromatic rings. The number of hydrogen-bond donors (Lipinski definition) is 1. The maximum atomic E-state index is 11.9. The molecule has 2 aliphatic carbocycles. The van der Waals surface area contributed by atoms with Gasteiger partial charge in [0, 0.05) is 17.2 Å². The minimum Gasteiger partial charge on any atom is -0.493 e. The molecular weight excluding hydrogens is 316 g/mol. The number of nitrogens with zero attached hydrogens (tertiary/aromatic N) is 2. The zero-order chi connectivity index (χ0) is 17.8. The lowest BCUT2D eigenvalue weighted by molar-refractivity contribution is -0.132. The third-order valence-electron chi connectivity index (χ3n) is 6.55. The number of benzene rings is 1. The van der Waals surface area contributed by atoms with E-state index < -0.39 is 11.0 Å². The molecule has 2 bridgehead atoms. The molecule has 0 aromatic heterocycles. The minimum absolute atomic E-state index is 0.0448. The molecule has 1 aromatic carbocycles. The lowest BCUT2D eigenvalue weighted by Crippen LogP contribution is -2.71. The number of hydrogen-bond acceptors (Lipinski definition) is 5. The van der Waals surface area contributed by atoms with E-state index >= 15 is 0 Å². The number of rotatable bonds is 2. The molecular formula is C20H24N2O3. The maximum Gasteiger partial charge on any atom is 0.165 e. The van der Waals surface area contributed by atoms with Crippen LogP contribution in [0.3, 0.4) is 0 Å². The number of likely N-dealkylation sites (N-methyl/N-ethyl adjacent to an activating group) is 1. The summed E-state index contributed by atoms with van der Waals surface area (Å²) in [4.78, 5) is 2.27. The van der Waals surface area contributed by atoms with Crippen LogP contribution in [0.5, 0.6) is 11.5 Å². The summed E-state index contributed by atoms with van der Waals surface area (Å²) in [5.74, 6) is 1.37. The monoisotopic (exact) mass is 340 g/mol. The molecule has 0 saturated carbocycles. The molecule has 1 N–H and O–H groups in total. The Bertz CT molecular complexity index is 797. The number of allylic oxidation sites excluding steroid dienone is 1. The van der Waals surface area contributed by atoms with E-state index in [-0.39, 0.29) is 6.04 Å². The highest BCUT2D eigenvalue weighted by Crippen LogP contribution is 2.59. The second kappa shape index (κ2) is 5.48. The summed E-state index contributed by atoms with van der Waals surface area (Å²) in [5.41, 5.74) is 1.45. The van der Waals surface area contributed by atoms with E-state index in [1.54, 1.807) is 14.2 Å². The Morgan fingerprint density at radius 2 is 2.08 bits per heavy atom. The van der Waals surface area contributed by atoms with Crippen LogP contribution >= 0.6 is 0 Å². The van der Waals surface area contributed by atoms with Gasteiger partial charge in [-0.1, -0.05) is 12.1 Å². The molecule has 3 aliphatic rings. The molecule has 1 heterocycles. The van der Waals surface area contributed by atoms with E-state index in [1.165, 1.54) is 5.56 Å². The van der Waals surface area contributed by atoms with Gasteiger partial charge in [0.05, 0.1) is 31.3 Å². The fourth-order valence-electron chi connectivity index (χ4n) is 5.33. The molecule has 5 nitrogen and oxygen atoms in total. The first-order valence-corrected chi connectivity index (χ1v) is 8.79. The van der Waals surface area contributed by atoms with Crippen LogP contribution in [-0.2, 0) is 11.8 Å². The molecule has 0 amide bonds. The number of nitriles is 1. The number of likely N-dealkylation sites (tertiary alicyclic amines) is 1. The van der Waals surface area contributed by atoms with Crippen LogP contribution in [0.15, 0.2) is 23.8 Å². The van der Waals surface area contributed by atoms with E-state index in [0.29, 0.717) is 24.3 Å². The molecule has 0 radical (unpaired) electrons. The third-order valence-corrected chi connectivity index (χ3v) is 6.55. The van der Waals surface area contributed by atoms with Gasteiger partial charge >= 0.3 is 0 Å². The van der Waals surface area contributed by atoms with Gasteiger partial charge in [-0.25, -0.2) is 0 Å². The highest BCUT2D eigenvalue weighted by atomic mass is 16.5. The van der Waals surface area contributed by atoms with Crippen molar-refractivity contribution in [1.29, 1.82) is 5.26 Å². The summed E-state index contributed by atoms with van der Waals surface area (Å²) in [7, 11) is 5.36. The zero-order valence-corrected chi connectivity index (χ0v) is 15.0. The molecule has 5 heteroatoms. The topological polar surface area (TPSA) is 65.7 Å². The lowest BCUT2D eigenvalue weighted by atomic mass is 9.51. The number of aliphatic hydroxyl groups is 1. The number of methoxy groups -OCH3 is 2. The molecule has 4 rings (SSSR count). The van der Waals surface area contributed by atoms with Crippen LogP contribution in [0.4, 0.5) is 0 Å². The van der Waals surface area contributed by atoms with E-state index in [1.807, 2.05) is 12.1 Å². The van der Waals surface area contributed by atoms with Crippen molar-refractivity contribution in [3.8, 4) is 17.6 Å². The first-order valence-electron chi connectivity index (χ1n) is 8.79. The number of piperidine rings is 1. The van der Waals surface area contributed by atoms with Crippen LogP contribution in [0.2, 0.25) is 0 Å². The van der Waals surface area contributed by atoms with E-state index in [2.05, 4.69) is 24.1 Å². The van der Waals surface area contributed by atoms with Gasteiger partial charge in [-0.05, 0) is 50.9 Å². The van der Waals surface area contributed by atoms with Gasteiger partial charge in [-0.3, -0.25) is 0 Å². The summed E-state index contributed by atoms with van der Waals surface area (Å²) in [5, 5.41) is 21.4. The summed E-state index contributed by atoms with van der Waals surface area (Å²) < 4.78 is 11.3. The molecule has 3 atom stereocenters. The van der Waals surface area contributed by atoms with Crippen molar-refractivity contribution < 1.29 is 14.6 Å². The van der Waals surface area contributed by atoms with Crippen LogP contribution in [0, 0.1) is 11.3 Å². The van der Waals surface area contributed by atoms with Gasteiger partial charge in [0.1, 0.15) is 0 Å². The van der Waals surface area contributed by atoms with E-state index in [4.69, 9.17) is 9.47 Å². The Morgan fingerprint density at radius 1 is 1.28 bits per heavy atom. The van der Waals surface area contributed by atoms with Crippen LogP contribution in [-0.4, -0.2) is 49.5 Å². The van der Waals surface area contributed by atoms with Gasteiger partial charge in [-0.2, -0.15) is 5.26 Å². The number of fused-ring (bicyclic) bond motifs is 1. The fraction of sp³-hybridized carbons (Fsp3) is 0.550. The second-order valence-electron chi connectivity index (χ2n) is 7.46. The van der Waals surface area contributed by atoms with Crippen molar-refractivity contribution in [2.75, 3.05) is 27.8 Å². The molecule has 0 spiro atoms.